The van der Waals surface area contributed by atoms with Crippen LogP contribution in [0.4, 0.5) is 0 Å². The summed E-state index contributed by atoms with van der Waals surface area (Å²) in [6.07, 6.45) is 4.37. The van der Waals surface area contributed by atoms with Crippen molar-refractivity contribution in [3.05, 3.63) is 6.17 Å². The third kappa shape index (κ3) is 0.886. The molecule has 0 N–H and O–H groups in total. The molecule has 0 atom stereocenters. The van der Waals surface area contributed by atoms with Gasteiger partial charge in [0.05, 0.1) is 5.92 Å². The minimum absolute atomic E-state index is 0.463. The zero-order valence-electron chi connectivity index (χ0n) is 5.13. The molecule has 42 valence electrons. The highest BCUT2D eigenvalue weighted by molar-refractivity contribution is 6.18. The second kappa shape index (κ2) is 1.99. The molecule has 0 unspecified atom stereocenters. The number of hydrogen-bond donors (Lipinski definition) is 0. The van der Waals surface area contributed by atoms with Gasteiger partial charge in [0.25, 0.3) is 0 Å². The first kappa shape index (κ1) is 5.35. The van der Waals surface area contributed by atoms with E-state index < -0.39 is 0 Å². The van der Waals surface area contributed by atoms with Crippen LogP contribution in [0.3, 0.4) is 0 Å². The van der Waals surface area contributed by atoms with Gasteiger partial charge in [0.15, 0.2) is 12.4 Å². The lowest BCUT2D eigenvalue weighted by Crippen LogP contribution is -1.95. The van der Waals surface area contributed by atoms with Crippen LogP contribution in [0.15, 0.2) is 9.98 Å². The van der Waals surface area contributed by atoms with Crippen LogP contribution in [0.5, 0.6) is 0 Å². The van der Waals surface area contributed by atoms with E-state index >= 15 is 0 Å². The lowest BCUT2D eigenvalue weighted by atomic mass is 10.2. The highest BCUT2D eigenvalue weighted by atomic mass is 15.0. The number of aliphatic imine (C=N–C) groups is 2. The minimum atomic E-state index is 0.463. The molecule has 1 aliphatic heterocycles. The van der Waals surface area contributed by atoms with Gasteiger partial charge >= 0.3 is 0 Å². The lowest BCUT2D eigenvalue weighted by Gasteiger charge is -1.96. The Labute approximate surface area is 49.3 Å². The molecule has 1 rings (SSSR count). The van der Waals surface area contributed by atoms with E-state index in [1.165, 1.54) is 0 Å². The van der Waals surface area contributed by atoms with Crippen LogP contribution in [-0.2, 0) is 0 Å². The molecule has 2 heteroatoms. The van der Waals surface area contributed by atoms with E-state index in [9.17, 15) is 0 Å². The Hall–Kier alpha value is -0.790. The molecule has 0 bridgehead atoms. The van der Waals surface area contributed by atoms with E-state index in [4.69, 9.17) is 0 Å². The third-order valence-corrected chi connectivity index (χ3v) is 0.997. The molecule has 0 saturated heterocycles. The van der Waals surface area contributed by atoms with E-state index in [-0.39, 0.29) is 0 Å². The van der Waals surface area contributed by atoms with Crippen molar-refractivity contribution in [2.24, 2.45) is 15.9 Å². The number of rotatable bonds is 1. The van der Waals surface area contributed by atoms with Gasteiger partial charge in [0.1, 0.15) is 0 Å². The topological polar surface area (TPSA) is 24.7 Å². The third-order valence-electron chi connectivity index (χ3n) is 0.997. The predicted octanol–water partition coefficient (Wildman–Crippen LogP) is 1.29. The number of nitrogens with zero attached hydrogens (tertiary/aromatic N) is 2. The molecule has 0 saturated carbocycles. The van der Waals surface area contributed by atoms with Gasteiger partial charge in [0, 0.05) is 0 Å². The van der Waals surface area contributed by atoms with Crippen LogP contribution in [0.1, 0.15) is 13.8 Å². The van der Waals surface area contributed by atoms with E-state index in [0.717, 1.165) is 6.17 Å². The maximum atomic E-state index is 4.00. The lowest BCUT2D eigenvalue weighted by molar-refractivity contribution is 0.648. The zero-order valence-corrected chi connectivity index (χ0v) is 5.13. The highest BCUT2D eigenvalue weighted by Crippen LogP contribution is 2.17. The van der Waals surface area contributed by atoms with Crippen LogP contribution in [-0.4, -0.2) is 12.4 Å². The van der Waals surface area contributed by atoms with Crippen molar-refractivity contribution >= 4 is 12.4 Å². The molecular weight excluding hydrogens is 100 g/mol. The average molecular weight is 109 g/mol. The first-order chi connectivity index (χ1) is 3.80. The molecule has 0 fully saturated rings. The second-order valence-electron chi connectivity index (χ2n) is 2.07. The van der Waals surface area contributed by atoms with Crippen LogP contribution in [0.2, 0.25) is 0 Å². The van der Waals surface area contributed by atoms with Crippen molar-refractivity contribution in [1.29, 1.82) is 0 Å². The fourth-order valence-corrected chi connectivity index (χ4v) is 0.551. The molecule has 0 aromatic heterocycles. The highest BCUT2D eigenvalue weighted by Gasteiger charge is 2.19. The Morgan fingerprint density at radius 2 is 1.75 bits per heavy atom. The summed E-state index contributed by atoms with van der Waals surface area (Å²) in [4.78, 5) is 8.01. The van der Waals surface area contributed by atoms with Gasteiger partial charge in [-0.05, 0) is 13.8 Å². The van der Waals surface area contributed by atoms with Crippen LogP contribution in [0, 0.1) is 12.1 Å². The summed E-state index contributed by atoms with van der Waals surface area (Å²) in [6, 6.07) is 0. The SMILES string of the molecule is CC(C)[C+]1N=CC=N1. The number of hydrogen-bond acceptors (Lipinski definition) is 2. The van der Waals surface area contributed by atoms with Gasteiger partial charge in [-0.15, -0.1) is 0 Å². The standard InChI is InChI=1S/C6H9N2/c1-5(2)6-7-3-4-8-6/h3-5H,1-2H3/q+1. The van der Waals surface area contributed by atoms with Gasteiger partial charge in [0.2, 0.25) is 6.17 Å². The Morgan fingerprint density at radius 1 is 1.25 bits per heavy atom. The molecule has 1 aliphatic rings. The van der Waals surface area contributed by atoms with E-state index in [1.54, 1.807) is 12.4 Å². The molecule has 0 spiro atoms. The van der Waals surface area contributed by atoms with Crippen molar-refractivity contribution in [2.75, 3.05) is 0 Å². The van der Waals surface area contributed by atoms with Crippen molar-refractivity contribution in [1.82, 2.24) is 0 Å². The predicted molar refractivity (Wildman–Crippen MR) is 35.1 cm³/mol. The summed E-state index contributed by atoms with van der Waals surface area (Å²) in [5.74, 6) is 0.463. The van der Waals surface area contributed by atoms with Crippen LogP contribution in [0.25, 0.3) is 0 Å². The summed E-state index contributed by atoms with van der Waals surface area (Å²) in [7, 11) is 0. The first-order valence-electron chi connectivity index (χ1n) is 2.74. The monoisotopic (exact) mass is 109 g/mol. The summed E-state index contributed by atoms with van der Waals surface area (Å²) < 4.78 is 0. The van der Waals surface area contributed by atoms with E-state index in [0.29, 0.717) is 5.92 Å². The molecule has 0 amide bonds. The summed E-state index contributed by atoms with van der Waals surface area (Å²) >= 11 is 0. The molecule has 2 nitrogen and oxygen atoms in total. The maximum absolute atomic E-state index is 4.00. The molecule has 0 aromatic carbocycles. The van der Waals surface area contributed by atoms with E-state index in [1.807, 2.05) is 0 Å². The maximum Gasteiger partial charge on any atom is 0.243 e. The first-order valence-corrected chi connectivity index (χ1v) is 2.74. The molecule has 8 heavy (non-hydrogen) atoms. The van der Waals surface area contributed by atoms with Crippen LogP contribution >= 0.6 is 0 Å². The Kier molecular flexibility index (Phi) is 1.33. The smallest absolute Gasteiger partial charge is 0.0965 e. The van der Waals surface area contributed by atoms with Crippen molar-refractivity contribution in [2.45, 2.75) is 13.8 Å². The van der Waals surface area contributed by atoms with Crippen molar-refractivity contribution in [3.63, 3.8) is 0 Å². The quantitative estimate of drug-likeness (QED) is 0.453. The van der Waals surface area contributed by atoms with E-state index in [2.05, 4.69) is 23.8 Å². The molecule has 0 aliphatic carbocycles. The van der Waals surface area contributed by atoms with Crippen molar-refractivity contribution < 1.29 is 0 Å². The molecular formula is C6H9N2+. The van der Waals surface area contributed by atoms with Gasteiger partial charge < -0.3 is 0 Å². The average Bonchev–Trinajstić information content (AvgIpc) is 2.12. The Morgan fingerprint density at radius 3 is 2.00 bits per heavy atom. The fourth-order valence-electron chi connectivity index (χ4n) is 0.551. The minimum Gasteiger partial charge on any atom is -0.0965 e. The largest absolute Gasteiger partial charge is 0.243 e. The molecule has 0 radical (unpaired) electrons. The fraction of sp³-hybridized carbons (Fsp3) is 0.500. The van der Waals surface area contributed by atoms with Gasteiger partial charge in [-0.2, -0.15) is 0 Å². The zero-order chi connectivity index (χ0) is 5.98. The summed E-state index contributed by atoms with van der Waals surface area (Å²) in [5.41, 5.74) is 0. The molecule has 1 heterocycles. The van der Waals surface area contributed by atoms with Crippen molar-refractivity contribution in [3.8, 4) is 0 Å². The Balaban J connectivity index is 2.49. The summed E-state index contributed by atoms with van der Waals surface area (Å²) in [5, 5.41) is 0. The second-order valence-corrected chi connectivity index (χ2v) is 2.07. The molecule has 0 aromatic rings. The van der Waals surface area contributed by atoms with Gasteiger partial charge in [-0.25, -0.2) is 0 Å². The Bertz CT molecular complexity index is 112. The van der Waals surface area contributed by atoms with Gasteiger partial charge in [-0.3, -0.25) is 0 Å². The summed E-state index contributed by atoms with van der Waals surface area (Å²) in [6.45, 7) is 4.16. The van der Waals surface area contributed by atoms with Crippen LogP contribution < -0.4 is 0 Å². The normalized spacial score (nSPS) is 16.6. The van der Waals surface area contributed by atoms with Gasteiger partial charge in [-0.1, -0.05) is 9.98 Å².